The van der Waals surface area contributed by atoms with Crippen molar-refractivity contribution in [2.45, 2.75) is 13.8 Å². The highest BCUT2D eigenvalue weighted by molar-refractivity contribution is 6.05. The molecule has 1 amide bonds. The number of benzene rings is 1. The monoisotopic (exact) mass is 273 g/mol. The lowest BCUT2D eigenvalue weighted by Crippen LogP contribution is -2.14. The lowest BCUT2D eigenvalue weighted by Gasteiger charge is -2.09. The molecule has 2 aromatic rings. The summed E-state index contributed by atoms with van der Waals surface area (Å²) in [5, 5.41) is 2.77. The fourth-order valence-electron chi connectivity index (χ4n) is 1.81. The number of carbonyl (C=O) groups is 2. The minimum absolute atomic E-state index is 0.277. The van der Waals surface area contributed by atoms with E-state index in [0.717, 1.165) is 5.56 Å². The molecule has 0 aliphatic rings. The molecule has 20 heavy (non-hydrogen) atoms. The molecule has 0 bridgehead atoms. The minimum Gasteiger partial charge on any atom is -0.469 e. The van der Waals surface area contributed by atoms with Gasteiger partial charge in [-0.25, -0.2) is 4.79 Å². The van der Waals surface area contributed by atoms with E-state index in [9.17, 15) is 9.59 Å². The van der Waals surface area contributed by atoms with Gasteiger partial charge in [0.1, 0.15) is 5.76 Å². The quantitative estimate of drug-likeness (QED) is 0.873. The van der Waals surface area contributed by atoms with E-state index in [0.29, 0.717) is 22.6 Å². The molecule has 0 fully saturated rings. The second-order valence-corrected chi connectivity index (χ2v) is 4.37. The van der Waals surface area contributed by atoms with Gasteiger partial charge < -0.3 is 14.5 Å². The molecule has 1 heterocycles. The third kappa shape index (κ3) is 2.71. The highest BCUT2D eigenvalue weighted by atomic mass is 16.5. The molecule has 5 nitrogen and oxygen atoms in total. The van der Waals surface area contributed by atoms with E-state index in [1.165, 1.54) is 13.4 Å². The zero-order valence-corrected chi connectivity index (χ0v) is 11.5. The van der Waals surface area contributed by atoms with Crippen LogP contribution in [0.2, 0.25) is 0 Å². The van der Waals surface area contributed by atoms with Crippen molar-refractivity contribution in [2.75, 3.05) is 12.4 Å². The van der Waals surface area contributed by atoms with Crippen molar-refractivity contribution in [2.24, 2.45) is 0 Å². The first-order valence-electron chi connectivity index (χ1n) is 6.07. The Balaban J connectivity index is 2.27. The molecule has 2 rings (SSSR count). The predicted octanol–water partition coefficient (Wildman–Crippen LogP) is 2.94. The highest BCUT2D eigenvalue weighted by Crippen LogP contribution is 2.19. The first kappa shape index (κ1) is 13.9. The van der Waals surface area contributed by atoms with Crippen molar-refractivity contribution in [1.82, 2.24) is 0 Å². The molecule has 104 valence electrons. The molecule has 1 aromatic carbocycles. The molecular formula is C15H15NO4. The molecule has 5 heteroatoms. The topological polar surface area (TPSA) is 68.5 Å². The number of methoxy groups -OCH3 is 1. The summed E-state index contributed by atoms with van der Waals surface area (Å²) in [5.74, 6) is -0.175. The Morgan fingerprint density at radius 2 is 1.95 bits per heavy atom. The van der Waals surface area contributed by atoms with Gasteiger partial charge in [-0.2, -0.15) is 0 Å². The van der Waals surface area contributed by atoms with Gasteiger partial charge in [0.25, 0.3) is 5.91 Å². The van der Waals surface area contributed by atoms with Gasteiger partial charge in [-0.1, -0.05) is 6.07 Å². The maximum atomic E-state index is 12.1. The lowest BCUT2D eigenvalue weighted by atomic mass is 10.1. The second kappa shape index (κ2) is 5.61. The van der Waals surface area contributed by atoms with E-state index >= 15 is 0 Å². The Labute approximate surface area is 116 Å². The Hall–Kier alpha value is -2.56. The number of rotatable bonds is 3. The number of furan rings is 1. The van der Waals surface area contributed by atoms with Crippen LogP contribution in [0.4, 0.5) is 5.69 Å². The summed E-state index contributed by atoms with van der Waals surface area (Å²) in [6, 6.07) is 6.60. The van der Waals surface area contributed by atoms with E-state index in [1.807, 2.05) is 6.92 Å². The summed E-state index contributed by atoms with van der Waals surface area (Å²) >= 11 is 0. The van der Waals surface area contributed by atoms with Crippen LogP contribution in [0, 0.1) is 13.8 Å². The Morgan fingerprint density at radius 3 is 2.55 bits per heavy atom. The number of anilines is 1. The van der Waals surface area contributed by atoms with Crippen LogP contribution in [0.5, 0.6) is 0 Å². The molecule has 0 saturated carbocycles. The van der Waals surface area contributed by atoms with E-state index in [-0.39, 0.29) is 5.91 Å². The van der Waals surface area contributed by atoms with Crippen LogP contribution >= 0.6 is 0 Å². The number of amides is 1. The summed E-state index contributed by atoms with van der Waals surface area (Å²) in [7, 11) is 1.31. The van der Waals surface area contributed by atoms with Gasteiger partial charge in [0.15, 0.2) is 0 Å². The maximum absolute atomic E-state index is 12.1. The van der Waals surface area contributed by atoms with E-state index in [2.05, 4.69) is 10.1 Å². The third-order valence-corrected chi connectivity index (χ3v) is 3.01. The molecular weight excluding hydrogens is 258 g/mol. The van der Waals surface area contributed by atoms with Crippen molar-refractivity contribution in [1.29, 1.82) is 0 Å². The van der Waals surface area contributed by atoms with Crippen LogP contribution in [-0.2, 0) is 4.74 Å². The van der Waals surface area contributed by atoms with Crippen LogP contribution < -0.4 is 5.32 Å². The van der Waals surface area contributed by atoms with Crippen molar-refractivity contribution in [3.8, 4) is 0 Å². The molecule has 0 aliphatic heterocycles. The summed E-state index contributed by atoms with van der Waals surface area (Å²) in [6.45, 7) is 3.56. The van der Waals surface area contributed by atoms with Crippen molar-refractivity contribution in [3.63, 3.8) is 0 Å². The highest BCUT2D eigenvalue weighted by Gasteiger charge is 2.14. The van der Waals surface area contributed by atoms with E-state index in [1.54, 1.807) is 31.2 Å². The predicted molar refractivity (Wildman–Crippen MR) is 73.9 cm³/mol. The summed E-state index contributed by atoms with van der Waals surface area (Å²) < 4.78 is 9.76. The molecule has 1 N–H and O–H groups in total. The fraction of sp³-hybridized carbons (Fsp3) is 0.200. The third-order valence-electron chi connectivity index (χ3n) is 3.01. The van der Waals surface area contributed by atoms with Crippen LogP contribution in [0.1, 0.15) is 32.0 Å². The Kier molecular flexibility index (Phi) is 3.89. The van der Waals surface area contributed by atoms with Gasteiger partial charge >= 0.3 is 5.97 Å². The molecule has 0 saturated heterocycles. The average molecular weight is 273 g/mol. The van der Waals surface area contributed by atoms with Crippen molar-refractivity contribution >= 4 is 17.6 Å². The maximum Gasteiger partial charge on any atom is 0.337 e. The number of hydrogen-bond acceptors (Lipinski definition) is 4. The van der Waals surface area contributed by atoms with Crippen molar-refractivity contribution in [3.05, 3.63) is 53.0 Å². The van der Waals surface area contributed by atoms with Gasteiger partial charge in [-0.3, -0.25) is 4.79 Å². The van der Waals surface area contributed by atoms with Gasteiger partial charge in [0, 0.05) is 5.69 Å². The molecule has 0 aliphatic carbocycles. The summed E-state index contributed by atoms with van der Waals surface area (Å²) in [4.78, 5) is 23.6. The van der Waals surface area contributed by atoms with Gasteiger partial charge in [0.05, 0.1) is 24.5 Å². The number of esters is 1. The zero-order chi connectivity index (χ0) is 14.7. The second-order valence-electron chi connectivity index (χ2n) is 4.37. The van der Waals surface area contributed by atoms with Crippen LogP contribution in [0.25, 0.3) is 0 Å². The van der Waals surface area contributed by atoms with E-state index < -0.39 is 5.97 Å². The summed E-state index contributed by atoms with van der Waals surface area (Å²) in [6.07, 6.45) is 1.46. The standard InChI is InChI=1S/C15H15NO4/c1-9-4-5-11(15(18)19-3)8-13(9)16-14(17)12-6-7-20-10(12)2/h4-8H,1-3H3,(H,16,17). The number of ether oxygens (including phenoxy) is 1. The number of carbonyl (C=O) groups excluding carboxylic acids is 2. The van der Waals surface area contributed by atoms with E-state index in [4.69, 9.17) is 4.42 Å². The molecule has 0 atom stereocenters. The Morgan fingerprint density at radius 1 is 1.20 bits per heavy atom. The molecule has 0 radical (unpaired) electrons. The molecule has 0 spiro atoms. The van der Waals surface area contributed by atoms with Gasteiger partial charge in [-0.15, -0.1) is 0 Å². The molecule has 1 aromatic heterocycles. The van der Waals surface area contributed by atoms with Gasteiger partial charge in [-0.05, 0) is 37.6 Å². The largest absolute Gasteiger partial charge is 0.469 e. The SMILES string of the molecule is COC(=O)c1ccc(C)c(NC(=O)c2ccoc2C)c1. The summed E-state index contributed by atoms with van der Waals surface area (Å²) in [5.41, 5.74) is 2.27. The number of nitrogens with one attached hydrogen (secondary N) is 1. The van der Waals surface area contributed by atoms with Gasteiger partial charge in [0.2, 0.25) is 0 Å². The van der Waals surface area contributed by atoms with Crippen molar-refractivity contribution < 1.29 is 18.7 Å². The zero-order valence-electron chi connectivity index (χ0n) is 11.5. The lowest BCUT2D eigenvalue weighted by molar-refractivity contribution is 0.0600. The molecule has 0 unspecified atom stereocenters. The first-order chi connectivity index (χ1) is 9.52. The fourth-order valence-corrected chi connectivity index (χ4v) is 1.81. The number of aryl methyl sites for hydroxylation is 2. The smallest absolute Gasteiger partial charge is 0.337 e. The first-order valence-corrected chi connectivity index (χ1v) is 6.07. The van der Waals surface area contributed by atoms with Crippen LogP contribution in [0.3, 0.4) is 0 Å². The number of hydrogen-bond donors (Lipinski definition) is 1. The Bertz CT molecular complexity index is 658. The van der Waals surface area contributed by atoms with Crippen LogP contribution in [-0.4, -0.2) is 19.0 Å². The average Bonchev–Trinajstić information content (AvgIpc) is 2.86. The normalized spacial score (nSPS) is 10.2. The minimum atomic E-state index is -0.444. The van der Waals surface area contributed by atoms with Crippen LogP contribution in [0.15, 0.2) is 34.9 Å².